The summed E-state index contributed by atoms with van der Waals surface area (Å²) in [4.78, 5) is 8.82. The molecule has 0 bridgehead atoms. The molecule has 0 saturated carbocycles. The quantitative estimate of drug-likeness (QED) is 0.260. The first kappa shape index (κ1) is 29.5. The number of aliphatic imine (C=N–C) groups is 2. The summed E-state index contributed by atoms with van der Waals surface area (Å²) in [5.74, 6) is -3.37. The summed E-state index contributed by atoms with van der Waals surface area (Å²) in [6, 6.07) is 3.08. The third kappa shape index (κ3) is 7.41. The van der Waals surface area contributed by atoms with E-state index in [9.17, 15) is 18.3 Å². The van der Waals surface area contributed by atoms with Crippen LogP contribution in [0.2, 0.25) is 0 Å². The highest BCUT2D eigenvalue weighted by Gasteiger charge is 2.47. The molecule has 0 radical (unpaired) electrons. The average Bonchev–Trinajstić information content (AvgIpc) is 2.98. The van der Waals surface area contributed by atoms with Crippen LogP contribution in [0.4, 0.5) is 13.2 Å². The van der Waals surface area contributed by atoms with E-state index in [1.807, 2.05) is 0 Å². The molecule has 10 heteroatoms. The van der Waals surface area contributed by atoms with Crippen LogP contribution < -0.4 is 5.32 Å². The number of hydrogen-bond acceptors (Lipinski definition) is 6. The third-order valence-corrected chi connectivity index (χ3v) is 5.73. The molecule has 0 fully saturated rings. The van der Waals surface area contributed by atoms with Gasteiger partial charge < -0.3 is 24.6 Å². The molecule has 0 aromatic heterocycles. The van der Waals surface area contributed by atoms with E-state index < -0.39 is 22.9 Å². The normalized spacial score (nSPS) is 17.9. The van der Waals surface area contributed by atoms with Crippen molar-refractivity contribution in [1.29, 1.82) is 0 Å². The van der Waals surface area contributed by atoms with Crippen molar-refractivity contribution < 1.29 is 32.5 Å². The minimum Gasteiger partial charge on any atom is -0.498 e. The van der Waals surface area contributed by atoms with E-state index >= 15 is 0 Å². The van der Waals surface area contributed by atoms with Crippen molar-refractivity contribution in [2.75, 3.05) is 34.5 Å². The summed E-state index contributed by atoms with van der Waals surface area (Å²) in [6.07, 6.45) is 4.26. The monoisotopic (exact) mass is 511 g/mol. The predicted molar refractivity (Wildman–Crippen MR) is 134 cm³/mol. The lowest BCUT2D eigenvalue weighted by Crippen LogP contribution is -2.40. The van der Waals surface area contributed by atoms with Gasteiger partial charge in [0.1, 0.15) is 29.1 Å². The van der Waals surface area contributed by atoms with Gasteiger partial charge in [0.25, 0.3) is 0 Å². The summed E-state index contributed by atoms with van der Waals surface area (Å²) in [7, 11) is 4.76. The van der Waals surface area contributed by atoms with Crippen LogP contribution in [0.3, 0.4) is 0 Å². The van der Waals surface area contributed by atoms with Crippen molar-refractivity contribution in [2.45, 2.75) is 57.8 Å². The Hall–Kier alpha value is -2.69. The van der Waals surface area contributed by atoms with Gasteiger partial charge in [-0.2, -0.15) is 8.78 Å². The highest BCUT2D eigenvalue weighted by atomic mass is 19.3. The zero-order valence-electron chi connectivity index (χ0n) is 21.7. The van der Waals surface area contributed by atoms with Gasteiger partial charge in [-0.15, -0.1) is 0 Å². The largest absolute Gasteiger partial charge is 0.498 e. The lowest BCUT2D eigenvalue weighted by Gasteiger charge is -2.29. The molecule has 2 N–H and O–H groups in total. The van der Waals surface area contributed by atoms with Crippen molar-refractivity contribution in [2.24, 2.45) is 9.98 Å². The van der Waals surface area contributed by atoms with Gasteiger partial charge in [0.05, 0.1) is 26.0 Å². The molecular formula is C26H36F3N3O4. The summed E-state index contributed by atoms with van der Waals surface area (Å²) in [5.41, 5.74) is -1.28. The number of halogens is 3. The first-order valence-corrected chi connectivity index (χ1v) is 11.7. The van der Waals surface area contributed by atoms with E-state index in [1.54, 1.807) is 40.5 Å². The van der Waals surface area contributed by atoms with E-state index in [4.69, 9.17) is 14.2 Å². The van der Waals surface area contributed by atoms with Crippen LogP contribution in [0.5, 0.6) is 0 Å². The fourth-order valence-corrected chi connectivity index (χ4v) is 3.78. The standard InChI is InChI=1S/C26H36F3N3O4/c1-7-31-21-15-23(35-6)22(36-11-10-34-5)9-8-20(21)24(30-4)32-16-17-12-18(14-19(27)13-17)26(28,29)25(2,3)33/h7,12-15,22,33H,8-11,16H2,1-6H3,(H,30,32)/b31-7+. The Labute approximate surface area is 210 Å². The summed E-state index contributed by atoms with van der Waals surface area (Å²) < 4.78 is 60.1. The Morgan fingerprint density at radius 2 is 1.94 bits per heavy atom. The SMILES string of the molecule is C/C=N/C1=C(C(=N\C)/NCc2cc(F)cc(C(F)(F)C(C)(C)O)c2)CCC(OCCOC)C(OC)=C1. The maximum absolute atomic E-state index is 14.7. The zero-order chi connectivity index (χ0) is 26.9. The maximum atomic E-state index is 14.7. The molecule has 0 spiro atoms. The molecule has 2 rings (SSSR count). The van der Waals surface area contributed by atoms with Gasteiger partial charge in [-0.05, 0) is 57.4 Å². The van der Waals surface area contributed by atoms with Crippen molar-refractivity contribution >= 4 is 12.1 Å². The van der Waals surface area contributed by atoms with E-state index in [2.05, 4.69) is 15.3 Å². The molecule has 0 aliphatic heterocycles. The van der Waals surface area contributed by atoms with E-state index in [1.165, 1.54) is 12.1 Å². The van der Waals surface area contributed by atoms with Crippen LogP contribution in [0.1, 0.15) is 44.7 Å². The summed E-state index contributed by atoms with van der Waals surface area (Å²) >= 11 is 0. The molecule has 200 valence electrons. The van der Waals surface area contributed by atoms with Crippen molar-refractivity contribution in [3.63, 3.8) is 0 Å². The molecule has 36 heavy (non-hydrogen) atoms. The Bertz CT molecular complexity index is 1010. The van der Waals surface area contributed by atoms with Crippen LogP contribution in [0.15, 0.2) is 51.3 Å². The smallest absolute Gasteiger partial charge is 0.300 e. The molecule has 0 amide bonds. The number of nitrogens with zero attached hydrogens (tertiary/aromatic N) is 2. The van der Waals surface area contributed by atoms with Gasteiger partial charge in [-0.3, -0.25) is 9.98 Å². The van der Waals surface area contributed by atoms with Gasteiger partial charge in [-0.25, -0.2) is 4.39 Å². The molecular weight excluding hydrogens is 475 g/mol. The van der Waals surface area contributed by atoms with Crippen molar-refractivity contribution in [3.05, 3.63) is 58.2 Å². The van der Waals surface area contributed by atoms with E-state index in [0.29, 0.717) is 43.3 Å². The number of nitrogens with one attached hydrogen (secondary N) is 1. The zero-order valence-corrected chi connectivity index (χ0v) is 21.7. The molecule has 1 aromatic rings. The number of alkyl halides is 2. The first-order valence-electron chi connectivity index (χ1n) is 11.7. The van der Waals surface area contributed by atoms with E-state index in [-0.39, 0.29) is 18.2 Å². The number of methoxy groups -OCH3 is 2. The molecule has 1 aliphatic carbocycles. The second-order valence-corrected chi connectivity index (χ2v) is 8.80. The Kier molecular flexibility index (Phi) is 10.7. The van der Waals surface area contributed by atoms with Crippen molar-refractivity contribution in [3.8, 4) is 0 Å². The minimum atomic E-state index is -3.64. The van der Waals surface area contributed by atoms with Crippen LogP contribution in [0, 0.1) is 5.82 Å². The fourth-order valence-electron chi connectivity index (χ4n) is 3.78. The predicted octanol–water partition coefficient (Wildman–Crippen LogP) is 4.51. The lowest BCUT2D eigenvalue weighted by atomic mass is 9.92. The molecule has 1 aliphatic rings. The summed E-state index contributed by atoms with van der Waals surface area (Å²) in [5, 5.41) is 13.0. The first-order chi connectivity index (χ1) is 17.0. The van der Waals surface area contributed by atoms with Gasteiger partial charge >= 0.3 is 5.92 Å². The minimum absolute atomic E-state index is 0.0284. The van der Waals surface area contributed by atoms with Crippen LogP contribution in [0.25, 0.3) is 0 Å². The molecule has 0 heterocycles. The Balaban J connectivity index is 2.32. The molecule has 0 saturated heterocycles. The second kappa shape index (κ2) is 13.0. The van der Waals surface area contributed by atoms with Gasteiger partial charge in [0.15, 0.2) is 0 Å². The van der Waals surface area contributed by atoms with Gasteiger partial charge in [-0.1, -0.05) is 0 Å². The van der Waals surface area contributed by atoms with E-state index in [0.717, 1.165) is 25.5 Å². The number of rotatable bonds is 11. The van der Waals surface area contributed by atoms with Crippen LogP contribution in [-0.4, -0.2) is 63.3 Å². The topological polar surface area (TPSA) is 84.7 Å². The van der Waals surface area contributed by atoms with Crippen LogP contribution in [-0.2, 0) is 26.7 Å². The summed E-state index contributed by atoms with van der Waals surface area (Å²) in [6.45, 7) is 4.63. The number of benzene rings is 1. The van der Waals surface area contributed by atoms with Crippen LogP contribution >= 0.6 is 0 Å². The highest BCUT2D eigenvalue weighted by Crippen LogP contribution is 2.39. The highest BCUT2D eigenvalue weighted by molar-refractivity contribution is 5.99. The molecule has 1 unspecified atom stereocenters. The van der Waals surface area contributed by atoms with Crippen molar-refractivity contribution in [1.82, 2.24) is 5.32 Å². The number of ether oxygens (including phenoxy) is 3. The number of allylic oxidation sites excluding steroid dienone is 1. The number of amidine groups is 1. The molecule has 1 aromatic carbocycles. The number of aliphatic hydroxyl groups is 1. The lowest BCUT2D eigenvalue weighted by molar-refractivity contribution is -0.168. The Morgan fingerprint density at radius 1 is 1.22 bits per heavy atom. The maximum Gasteiger partial charge on any atom is 0.300 e. The number of hydrogen-bond donors (Lipinski definition) is 2. The molecule has 7 nitrogen and oxygen atoms in total. The molecule has 1 atom stereocenters. The van der Waals surface area contributed by atoms with Gasteiger partial charge in [0, 0.05) is 44.1 Å². The fraction of sp³-hybridized carbons (Fsp3) is 0.538. The Morgan fingerprint density at radius 3 is 2.53 bits per heavy atom. The second-order valence-electron chi connectivity index (χ2n) is 8.80. The average molecular weight is 512 g/mol. The van der Waals surface area contributed by atoms with Gasteiger partial charge in [0.2, 0.25) is 0 Å². The third-order valence-electron chi connectivity index (χ3n) is 5.73.